The molecule has 0 fully saturated rings. The molecule has 1 heterocycles. The van der Waals surface area contributed by atoms with Crippen molar-refractivity contribution in [2.75, 3.05) is 6.54 Å². The number of nitrogens with one attached hydrogen (secondary N) is 1. The Kier molecular flexibility index (Phi) is 6.09. The minimum absolute atomic E-state index is 0.00681. The zero-order valence-electron chi connectivity index (χ0n) is 12.9. The number of hydrogen-bond donors (Lipinski definition) is 2. The van der Waals surface area contributed by atoms with Gasteiger partial charge in [0.15, 0.2) is 0 Å². The van der Waals surface area contributed by atoms with Gasteiger partial charge < -0.3 is 10.4 Å². The van der Waals surface area contributed by atoms with Crippen LogP contribution in [0.2, 0.25) is 0 Å². The van der Waals surface area contributed by atoms with Crippen LogP contribution in [0, 0.1) is 11.8 Å². The van der Waals surface area contributed by atoms with Gasteiger partial charge in [0.1, 0.15) is 6.54 Å². The van der Waals surface area contributed by atoms with Crippen LogP contribution < -0.4 is 16.6 Å². The van der Waals surface area contributed by atoms with E-state index in [-0.39, 0.29) is 19.0 Å². The molecule has 8 nitrogen and oxygen atoms in total. The van der Waals surface area contributed by atoms with E-state index in [2.05, 4.69) is 5.32 Å². The van der Waals surface area contributed by atoms with E-state index in [1.54, 1.807) is 0 Å². The highest BCUT2D eigenvalue weighted by atomic mass is 16.4. The number of aliphatic carboxylic acids is 1. The second-order valence-corrected chi connectivity index (χ2v) is 5.59. The van der Waals surface area contributed by atoms with Gasteiger partial charge in [0.05, 0.1) is 5.92 Å². The van der Waals surface area contributed by atoms with Crippen molar-refractivity contribution in [2.45, 2.75) is 26.8 Å². The lowest BCUT2D eigenvalue weighted by molar-refractivity contribution is -0.142. The highest BCUT2D eigenvalue weighted by molar-refractivity contribution is 5.77. The molecule has 8 heteroatoms. The summed E-state index contributed by atoms with van der Waals surface area (Å²) in [5.74, 6) is -1.91. The second-order valence-electron chi connectivity index (χ2n) is 5.59. The molecular weight excluding hydrogens is 290 g/mol. The van der Waals surface area contributed by atoms with Crippen molar-refractivity contribution in [3.05, 3.63) is 33.1 Å². The van der Waals surface area contributed by atoms with E-state index >= 15 is 0 Å². The first-order valence-electron chi connectivity index (χ1n) is 6.98. The molecule has 22 heavy (non-hydrogen) atoms. The van der Waals surface area contributed by atoms with Crippen LogP contribution in [0.15, 0.2) is 21.9 Å². The van der Waals surface area contributed by atoms with E-state index in [9.17, 15) is 19.2 Å². The summed E-state index contributed by atoms with van der Waals surface area (Å²) in [6, 6.07) is 1.19. The average Bonchev–Trinajstić information content (AvgIpc) is 2.43. The second kappa shape index (κ2) is 7.58. The van der Waals surface area contributed by atoms with E-state index in [0.29, 0.717) is 6.42 Å². The lowest BCUT2D eigenvalue weighted by atomic mass is 9.97. The molecule has 0 radical (unpaired) electrons. The van der Waals surface area contributed by atoms with Crippen molar-refractivity contribution in [1.29, 1.82) is 0 Å². The Labute approximate surface area is 127 Å². The van der Waals surface area contributed by atoms with E-state index in [1.807, 2.05) is 13.8 Å². The Morgan fingerprint density at radius 3 is 2.50 bits per heavy atom. The highest BCUT2D eigenvalue weighted by Crippen LogP contribution is 2.10. The van der Waals surface area contributed by atoms with Crippen LogP contribution in [-0.2, 0) is 23.2 Å². The average molecular weight is 311 g/mol. The molecular formula is C14H21N3O5. The van der Waals surface area contributed by atoms with Crippen molar-refractivity contribution >= 4 is 11.9 Å². The predicted octanol–water partition coefficient (Wildman–Crippen LogP) is -0.590. The van der Waals surface area contributed by atoms with E-state index in [1.165, 1.54) is 19.3 Å². The summed E-state index contributed by atoms with van der Waals surface area (Å²) in [5, 5.41) is 11.6. The van der Waals surface area contributed by atoms with E-state index < -0.39 is 29.0 Å². The zero-order chi connectivity index (χ0) is 16.9. The van der Waals surface area contributed by atoms with Crippen LogP contribution in [0.5, 0.6) is 0 Å². The molecule has 1 aromatic rings. The zero-order valence-corrected chi connectivity index (χ0v) is 12.9. The van der Waals surface area contributed by atoms with Crippen molar-refractivity contribution < 1.29 is 14.7 Å². The van der Waals surface area contributed by atoms with Crippen LogP contribution in [0.4, 0.5) is 0 Å². The standard InChI is InChI=1S/C14H21N3O5/c1-9(2)6-10(13(20)21)7-15-11(18)8-17-5-4-12(19)16(3)14(17)22/h4-5,9-10H,6-8H2,1-3H3,(H,15,18)(H,20,21). The number of carbonyl (C=O) groups is 2. The molecule has 0 aliphatic rings. The van der Waals surface area contributed by atoms with Crippen LogP contribution in [0.1, 0.15) is 20.3 Å². The van der Waals surface area contributed by atoms with Crippen LogP contribution in [-0.4, -0.2) is 32.7 Å². The largest absolute Gasteiger partial charge is 0.481 e. The minimum atomic E-state index is -0.965. The quantitative estimate of drug-likeness (QED) is 0.699. The summed E-state index contributed by atoms with van der Waals surface area (Å²) in [7, 11) is 1.32. The number of carboxylic acid groups (broad SMARTS) is 1. The molecule has 1 amide bonds. The van der Waals surface area contributed by atoms with Gasteiger partial charge in [-0.1, -0.05) is 13.8 Å². The molecule has 1 atom stereocenters. The molecule has 1 rings (SSSR count). The van der Waals surface area contributed by atoms with Gasteiger partial charge in [0.2, 0.25) is 5.91 Å². The third-order valence-corrected chi connectivity index (χ3v) is 3.23. The molecule has 0 aliphatic carbocycles. The lowest BCUT2D eigenvalue weighted by Gasteiger charge is -2.15. The molecule has 2 N–H and O–H groups in total. The van der Waals surface area contributed by atoms with Crippen molar-refractivity contribution in [2.24, 2.45) is 18.9 Å². The SMILES string of the molecule is CC(C)CC(CNC(=O)Cn1ccc(=O)n(C)c1=O)C(=O)O. The summed E-state index contributed by atoms with van der Waals surface area (Å²) >= 11 is 0. The Bertz CT molecular complexity index is 659. The summed E-state index contributed by atoms with van der Waals surface area (Å²) in [5.41, 5.74) is -1.05. The third-order valence-electron chi connectivity index (χ3n) is 3.23. The van der Waals surface area contributed by atoms with E-state index in [0.717, 1.165) is 9.13 Å². The number of aromatic nitrogens is 2. The molecule has 0 aromatic carbocycles. The van der Waals surface area contributed by atoms with Crippen LogP contribution >= 0.6 is 0 Å². The van der Waals surface area contributed by atoms with Gasteiger partial charge in [-0.3, -0.25) is 23.5 Å². The Morgan fingerprint density at radius 1 is 1.32 bits per heavy atom. The molecule has 0 saturated heterocycles. The van der Waals surface area contributed by atoms with Crippen LogP contribution in [0.25, 0.3) is 0 Å². The van der Waals surface area contributed by atoms with Crippen molar-refractivity contribution in [1.82, 2.24) is 14.5 Å². The molecule has 0 saturated carbocycles. The first-order chi connectivity index (χ1) is 10.2. The molecule has 122 valence electrons. The number of hydrogen-bond acceptors (Lipinski definition) is 4. The molecule has 1 unspecified atom stereocenters. The molecule has 0 spiro atoms. The van der Waals surface area contributed by atoms with Gasteiger partial charge >= 0.3 is 11.7 Å². The predicted molar refractivity (Wildman–Crippen MR) is 79.5 cm³/mol. The number of amides is 1. The summed E-state index contributed by atoms with van der Waals surface area (Å²) in [6.07, 6.45) is 1.70. The van der Waals surface area contributed by atoms with Gasteiger partial charge in [-0.25, -0.2) is 4.79 Å². The first-order valence-corrected chi connectivity index (χ1v) is 6.98. The maximum absolute atomic E-state index is 11.8. The number of nitrogens with zero attached hydrogens (tertiary/aromatic N) is 2. The fourth-order valence-corrected chi connectivity index (χ4v) is 2.02. The Morgan fingerprint density at radius 2 is 1.95 bits per heavy atom. The van der Waals surface area contributed by atoms with Crippen molar-refractivity contribution in [3.63, 3.8) is 0 Å². The topological polar surface area (TPSA) is 110 Å². The fraction of sp³-hybridized carbons (Fsp3) is 0.571. The summed E-state index contributed by atoms with van der Waals surface area (Å²) in [6.45, 7) is 3.55. The Hall–Kier alpha value is -2.38. The number of carbonyl (C=O) groups excluding carboxylic acids is 1. The van der Waals surface area contributed by atoms with Gasteiger partial charge in [0.25, 0.3) is 5.56 Å². The third kappa shape index (κ3) is 4.87. The van der Waals surface area contributed by atoms with Gasteiger partial charge in [0, 0.05) is 25.9 Å². The van der Waals surface area contributed by atoms with Gasteiger partial charge in [-0.05, 0) is 12.3 Å². The number of carboxylic acids is 1. The van der Waals surface area contributed by atoms with Crippen molar-refractivity contribution in [3.8, 4) is 0 Å². The summed E-state index contributed by atoms with van der Waals surface area (Å²) in [4.78, 5) is 45.9. The fourth-order valence-electron chi connectivity index (χ4n) is 2.02. The highest BCUT2D eigenvalue weighted by Gasteiger charge is 2.19. The van der Waals surface area contributed by atoms with Crippen LogP contribution in [0.3, 0.4) is 0 Å². The first kappa shape index (κ1) is 17.7. The molecule has 0 bridgehead atoms. The smallest absolute Gasteiger partial charge is 0.331 e. The molecule has 0 aliphatic heterocycles. The van der Waals surface area contributed by atoms with Gasteiger partial charge in [-0.2, -0.15) is 0 Å². The molecule has 1 aromatic heterocycles. The maximum atomic E-state index is 11.8. The monoisotopic (exact) mass is 311 g/mol. The maximum Gasteiger partial charge on any atom is 0.331 e. The van der Waals surface area contributed by atoms with Gasteiger partial charge in [-0.15, -0.1) is 0 Å². The Balaban J connectivity index is 2.67. The number of rotatable bonds is 7. The minimum Gasteiger partial charge on any atom is -0.481 e. The normalized spacial score (nSPS) is 12.2. The van der Waals surface area contributed by atoms with E-state index in [4.69, 9.17) is 5.11 Å². The summed E-state index contributed by atoms with van der Waals surface area (Å²) < 4.78 is 1.99. The lowest BCUT2D eigenvalue weighted by Crippen LogP contribution is -2.41.